The third kappa shape index (κ3) is 3.97. The number of benzene rings is 1. The molecule has 1 aromatic carbocycles. The molecule has 2 atom stereocenters. The number of aliphatic imine (C=N–C) groups is 2. The van der Waals surface area contributed by atoms with E-state index in [1.165, 1.54) is 11.8 Å². The van der Waals surface area contributed by atoms with Crippen LogP contribution in [0.5, 0.6) is 11.5 Å². The number of phenolic OH excluding ortho intramolecular Hbond substituents is 2. The van der Waals surface area contributed by atoms with Crippen molar-refractivity contribution in [2.45, 2.75) is 24.3 Å². The topological polar surface area (TPSA) is 115 Å². The Morgan fingerprint density at radius 2 is 2.18 bits per heavy atom. The van der Waals surface area contributed by atoms with E-state index in [-0.39, 0.29) is 17.7 Å². The highest BCUT2D eigenvalue weighted by atomic mass is 32.2. The van der Waals surface area contributed by atoms with E-state index >= 15 is 0 Å². The molecule has 3 rings (SSSR count). The molecule has 1 aromatic rings. The standard InChI is InChI=1S/C14H19N5O2S/c15-13-17-12(6-9-7-22-9)18-14(19-13)16-4-3-8-1-2-10(20)11(21)5-8/h1-2,5,9,12,20-21H,3-4,6-7H2,(H4,15,16,17,18,19). The van der Waals surface area contributed by atoms with Crippen LogP contribution < -0.4 is 16.4 Å². The Morgan fingerprint density at radius 3 is 2.91 bits per heavy atom. The fourth-order valence-corrected chi connectivity index (χ4v) is 2.81. The van der Waals surface area contributed by atoms with Gasteiger partial charge in [0, 0.05) is 24.0 Å². The Kier molecular flexibility index (Phi) is 4.28. The smallest absolute Gasteiger partial charge is 0.199 e. The zero-order chi connectivity index (χ0) is 15.5. The summed E-state index contributed by atoms with van der Waals surface area (Å²) in [6, 6.07) is 4.78. The van der Waals surface area contributed by atoms with Crippen molar-refractivity contribution in [1.82, 2.24) is 10.6 Å². The second kappa shape index (κ2) is 6.35. The molecule has 8 heteroatoms. The van der Waals surface area contributed by atoms with E-state index in [1.807, 2.05) is 11.8 Å². The van der Waals surface area contributed by atoms with Gasteiger partial charge in [-0.05, 0) is 24.1 Å². The molecule has 2 heterocycles. The van der Waals surface area contributed by atoms with Crippen LogP contribution in [0.1, 0.15) is 12.0 Å². The van der Waals surface area contributed by atoms with Crippen LogP contribution in [0, 0.1) is 0 Å². The van der Waals surface area contributed by atoms with Gasteiger partial charge in [0.15, 0.2) is 23.4 Å². The van der Waals surface area contributed by atoms with Gasteiger partial charge in [-0.1, -0.05) is 6.07 Å². The summed E-state index contributed by atoms with van der Waals surface area (Å²) in [6.07, 6.45) is 1.59. The van der Waals surface area contributed by atoms with Crippen LogP contribution in [-0.2, 0) is 6.42 Å². The number of guanidine groups is 2. The first-order chi connectivity index (χ1) is 10.6. The summed E-state index contributed by atoms with van der Waals surface area (Å²) in [4.78, 5) is 8.76. The van der Waals surface area contributed by atoms with Gasteiger partial charge in [-0.3, -0.25) is 10.3 Å². The molecule has 118 valence electrons. The Morgan fingerprint density at radius 1 is 1.36 bits per heavy atom. The Labute approximate surface area is 132 Å². The van der Waals surface area contributed by atoms with Crippen LogP contribution >= 0.6 is 11.8 Å². The summed E-state index contributed by atoms with van der Waals surface area (Å²) in [5.41, 5.74) is 6.69. The highest BCUT2D eigenvalue weighted by molar-refractivity contribution is 8.06. The summed E-state index contributed by atoms with van der Waals surface area (Å²) in [6.45, 7) is 0.539. The summed E-state index contributed by atoms with van der Waals surface area (Å²) >= 11 is 1.93. The number of rotatable bonds is 5. The van der Waals surface area contributed by atoms with Crippen LogP contribution in [0.15, 0.2) is 28.2 Å². The first-order valence-electron chi connectivity index (χ1n) is 7.14. The number of hydrogen-bond acceptors (Lipinski definition) is 6. The van der Waals surface area contributed by atoms with Crippen LogP contribution in [-0.4, -0.2) is 45.8 Å². The van der Waals surface area contributed by atoms with E-state index in [4.69, 9.17) is 5.73 Å². The fraction of sp³-hybridized carbons (Fsp3) is 0.429. The molecule has 1 fully saturated rings. The molecule has 0 saturated carbocycles. The third-order valence-electron chi connectivity index (χ3n) is 3.44. The minimum atomic E-state index is -0.115. The van der Waals surface area contributed by atoms with Crippen LogP contribution in [0.25, 0.3) is 0 Å². The van der Waals surface area contributed by atoms with Crippen molar-refractivity contribution in [2.75, 3.05) is 12.3 Å². The van der Waals surface area contributed by atoms with Crippen molar-refractivity contribution in [3.63, 3.8) is 0 Å². The number of aromatic hydroxyl groups is 2. The van der Waals surface area contributed by atoms with Crippen LogP contribution in [0.3, 0.4) is 0 Å². The summed E-state index contributed by atoms with van der Waals surface area (Å²) in [5.74, 6) is 1.98. The molecule has 0 amide bonds. The average Bonchev–Trinajstić information content (AvgIpc) is 3.26. The molecule has 2 aliphatic heterocycles. The first kappa shape index (κ1) is 14.8. The molecule has 0 aliphatic carbocycles. The first-order valence-corrected chi connectivity index (χ1v) is 8.19. The van der Waals surface area contributed by atoms with Gasteiger partial charge >= 0.3 is 0 Å². The minimum absolute atomic E-state index is 0.0160. The number of thioether (sulfide) groups is 1. The molecular weight excluding hydrogens is 302 g/mol. The summed E-state index contributed by atoms with van der Waals surface area (Å²) in [5, 5.41) is 25.6. The van der Waals surface area contributed by atoms with E-state index in [0.29, 0.717) is 30.1 Å². The normalized spacial score (nSPS) is 25.3. The molecule has 22 heavy (non-hydrogen) atoms. The quantitative estimate of drug-likeness (QED) is 0.394. The van der Waals surface area contributed by atoms with Gasteiger partial charge < -0.3 is 21.3 Å². The van der Waals surface area contributed by atoms with E-state index in [0.717, 1.165) is 12.0 Å². The zero-order valence-electron chi connectivity index (χ0n) is 12.0. The van der Waals surface area contributed by atoms with Crippen molar-refractivity contribution >= 4 is 23.7 Å². The lowest BCUT2D eigenvalue weighted by Gasteiger charge is -2.23. The lowest BCUT2D eigenvalue weighted by Crippen LogP contribution is -2.53. The molecule has 1 saturated heterocycles. The van der Waals surface area contributed by atoms with Crippen LogP contribution in [0.4, 0.5) is 0 Å². The minimum Gasteiger partial charge on any atom is -0.504 e. The number of nitrogens with one attached hydrogen (secondary N) is 2. The number of phenols is 2. The highest BCUT2D eigenvalue weighted by Gasteiger charge is 2.28. The maximum Gasteiger partial charge on any atom is 0.199 e. The molecule has 0 aromatic heterocycles. The lowest BCUT2D eigenvalue weighted by molar-refractivity contribution is 0.403. The lowest BCUT2D eigenvalue weighted by atomic mass is 10.1. The molecule has 0 radical (unpaired) electrons. The van der Waals surface area contributed by atoms with Gasteiger partial charge in [0.25, 0.3) is 0 Å². The van der Waals surface area contributed by atoms with Crippen molar-refractivity contribution in [3.05, 3.63) is 23.8 Å². The van der Waals surface area contributed by atoms with Crippen molar-refractivity contribution in [1.29, 1.82) is 0 Å². The molecule has 6 N–H and O–H groups in total. The molecule has 0 spiro atoms. The average molecular weight is 321 g/mol. The Balaban J connectivity index is 1.55. The maximum atomic E-state index is 9.46. The largest absolute Gasteiger partial charge is 0.504 e. The van der Waals surface area contributed by atoms with Crippen molar-refractivity contribution < 1.29 is 10.2 Å². The Hall–Kier alpha value is -2.09. The van der Waals surface area contributed by atoms with Crippen molar-refractivity contribution in [2.24, 2.45) is 15.7 Å². The zero-order valence-corrected chi connectivity index (χ0v) is 12.8. The third-order valence-corrected chi connectivity index (χ3v) is 4.44. The van der Waals surface area contributed by atoms with Crippen LogP contribution in [0.2, 0.25) is 0 Å². The fourth-order valence-electron chi connectivity index (χ4n) is 2.22. The predicted octanol–water partition coefficient (Wildman–Crippen LogP) is 0.335. The van der Waals surface area contributed by atoms with Gasteiger partial charge in [0.1, 0.15) is 6.17 Å². The molecule has 2 unspecified atom stereocenters. The van der Waals surface area contributed by atoms with E-state index < -0.39 is 0 Å². The van der Waals surface area contributed by atoms with E-state index in [2.05, 4.69) is 20.6 Å². The van der Waals surface area contributed by atoms with E-state index in [1.54, 1.807) is 12.1 Å². The number of nitrogens with two attached hydrogens (primary N) is 1. The van der Waals surface area contributed by atoms with Gasteiger partial charge in [0.05, 0.1) is 0 Å². The number of hydrogen-bond donors (Lipinski definition) is 5. The molecule has 7 nitrogen and oxygen atoms in total. The van der Waals surface area contributed by atoms with E-state index in [9.17, 15) is 10.2 Å². The van der Waals surface area contributed by atoms with Gasteiger partial charge in [-0.15, -0.1) is 0 Å². The summed E-state index contributed by atoms with van der Waals surface area (Å²) < 4.78 is 0. The maximum absolute atomic E-state index is 9.46. The Bertz CT molecular complexity index is 615. The second-order valence-electron chi connectivity index (χ2n) is 5.29. The molecule has 0 bridgehead atoms. The van der Waals surface area contributed by atoms with Gasteiger partial charge in [-0.2, -0.15) is 11.8 Å². The predicted molar refractivity (Wildman–Crippen MR) is 88.3 cm³/mol. The second-order valence-corrected chi connectivity index (χ2v) is 6.63. The van der Waals surface area contributed by atoms with Gasteiger partial charge in [-0.25, -0.2) is 4.99 Å². The SMILES string of the molecule is NC1=NC(CC2CS2)NC(=NCCc2ccc(O)c(O)c2)N1. The molecular formula is C14H19N5O2S. The monoisotopic (exact) mass is 321 g/mol. The van der Waals surface area contributed by atoms with Crippen molar-refractivity contribution in [3.8, 4) is 11.5 Å². The summed E-state index contributed by atoms with van der Waals surface area (Å²) in [7, 11) is 0. The highest BCUT2D eigenvalue weighted by Crippen LogP contribution is 2.34. The number of nitrogens with zero attached hydrogens (tertiary/aromatic N) is 2. The van der Waals surface area contributed by atoms with Gasteiger partial charge in [0.2, 0.25) is 0 Å². The molecule has 2 aliphatic rings.